The molecule has 38 heteroatoms. The number of anilines is 2. The summed E-state index contributed by atoms with van der Waals surface area (Å²) in [5.41, 5.74) is 18.4. The summed E-state index contributed by atoms with van der Waals surface area (Å²) in [5.74, 6) is 0.784. The zero-order chi connectivity index (χ0) is 101. The molecule has 2 aliphatic heterocycles. The molecule has 15 N–H and O–H groups in total. The van der Waals surface area contributed by atoms with Gasteiger partial charge in [-0.25, -0.2) is 0 Å². The molecule has 4 aromatic carbocycles. The number of hydrogen-bond donors (Lipinski definition) is 14. The average molecular weight is 1990 g/mol. The molecule has 0 saturated heterocycles. The number of amides is 9. The van der Waals surface area contributed by atoms with E-state index in [1.807, 2.05) is 105 Å². The largest absolute Gasteiger partial charge is 0.508 e. The molecule has 0 radical (unpaired) electrons. The van der Waals surface area contributed by atoms with Crippen LogP contribution in [0.2, 0.25) is 0 Å². The van der Waals surface area contributed by atoms with Gasteiger partial charge in [-0.2, -0.15) is 8.42 Å². The monoisotopic (exact) mass is 1990 g/mol. The van der Waals surface area contributed by atoms with Crippen molar-refractivity contribution in [3.63, 3.8) is 0 Å². The summed E-state index contributed by atoms with van der Waals surface area (Å²) >= 11 is 0. The molecule has 0 aromatic heterocycles. The van der Waals surface area contributed by atoms with E-state index in [9.17, 15) is 56.7 Å². The summed E-state index contributed by atoms with van der Waals surface area (Å²) in [7, 11) is -2.33. The fraction of sp³-hybridized carbons (Fsp3) is 0.631. The third kappa shape index (κ3) is 31.2. The molecule has 4 aromatic rings. The van der Waals surface area contributed by atoms with Crippen molar-refractivity contribution in [3.8, 4) is 5.75 Å². The van der Waals surface area contributed by atoms with Crippen molar-refractivity contribution in [3.05, 3.63) is 135 Å². The number of phenols is 1. The normalized spacial score (nSPS) is 22.0. The summed E-state index contributed by atoms with van der Waals surface area (Å²) < 4.78 is 82.0. The van der Waals surface area contributed by atoms with Crippen LogP contribution in [0.25, 0.3) is 11.4 Å². The number of para-hydroxylation sites is 1. The molecule has 10 atom stereocenters. The van der Waals surface area contributed by atoms with Gasteiger partial charge in [0.2, 0.25) is 53.2 Å². The number of imide groups is 1. The number of fused-ring (bicyclic) bond motifs is 8. The molecule has 7 aliphatic rings. The minimum atomic E-state index is -4.15. The number of allylic oxidation sites excluding steroid dienone is 1. The van der Waals surface area contributed by atoms with Gasteiger partial charge in [-0.1, -0.05) is 129 Å². The maximum Gasteiger partial charge on any atom is 0.266 e. The van der Waals surface area contributed by atoms with Gasteiger partial charge in [-0.15, -0.1) is 5.53 Å². The number of carbonyl (C=O) groups excluding carboxylic acids is 10. The zero-order valence-electron chi connectivity index (χ0n) is 83.5. The maximum atomic E-state index is 15.0. The highest BCUT2D eigenvalue weighted by atomic mass is 32.2. The highest BCUT2D eigenvalue weighted by Gasteiger charge is 2.59. The van der Waals surface area contributed by atoms with E-state index in [1.54, 1.807) is 31.7 Å². The number of unbranched alkanes of at least 4 members (excludes halogenated alkanes) is 1. The predicted molar refractivity (Wildman–Crippen MR) is 530 cm³/mol. The van der Waals surface area contributed by atoms with Gasteiger partial charge < -0.3 is 101 Å². The Kier molecular flexibility index (Phi) is 43.1. The van der Waals surface area contributed by atoms with Crippen LogP contribution >= 0.6 is 0 Å². The topological polar surface area (TPSA) is 493 Å². The Morgan fingerprint density at radius 2 is 1.11 bits per heavy atom. The summed E-state index contributed by atoms with van der Waals surface area (Å²) in [6.45, 7) is 18.8. The Balaban J connectivity index is 0.609. The number of aromatic hydroxyl groups is 1. The van der Waals surface area contributed by atoms with Crippen LogP contribution in [0.1, 0.15) is 222 Å². The number of hydrazine groups is 3. The van der Waals surface area contributed by atoms with Crippen molar-refractivity contribution in [2.45, 2.75) is 232 Å². The lowest BCUT2D eigenvalue weighted by Gasteiger charge is -2.56. The van der Waals surface area contributed by atoms with E-state index in [-0.39, 0.29) is 195 Å². The molecule has 2 saturated carbocycles. The van der Waals surface area contributed by atoms with Crippen LogP contribution < -0.4 is 69.7 Å². The second-order valence-corrected chi connectivity index (χ2v) is 40.7. The second-order valence-electron chi connectivity index (χ2n) is 39.1. The molecule has 1 unspecified atom stereocenters. The van der Waals surface area contributed by atoms with Gasteiger partial charge in [-0.3, -0.25) is 68.7 Å². The van der Waals surface area contributed by atoms with Gasteiger partial charge in [0, 0.05) is 81.5 Å². The van der Waals surface area contributed by atoms with Crippen LogP contribution in [-0.4, -0.2) is 252 Å². The van der Waals surface area contributed by atoms with E-state index < -0.39 is 79.7 Å². The first-order valence-electron chi connectivity index (χ1n) is 50.4. The molecule has 5 aliphatic carbocycles. The highest BCUT2D eigenvalue weighted by Crippen LogP contribution is 2.60. The minimum absolute atomic E-state index is 0.00372. The first-order chi connectivity index (χ1) is 67.8. The van der Waals surface area contributed by atoms with Crippen LogP contribution in [0.15, 0.2) is 96.3 Å². The standard InChI is InChI=1S/C103H152N14O23S/c1-69(2)92(83(119)64-70(3)96(125)109-74-31-27-71-29-33-85-100(4,78(71)65-74)39-18-41-102(85,6)98(127)112-99(128)103(7)42-19-40-101(5)79-66-75(118)32-28-72(79)30-34-86(101)103)111-97(126)80(23-16-17-43-106-90(123)68-140-84-26-11-9-10-25-82-95(84)114-115-117(82)46-50-135-54-58-139-62-60-136-55-51-132-47-37-88(121)108-45-63-141(129,130)131)110-89(122)38-48-133-52-56-137-59-61-138-57-53-134-49-44-107-87(120)35-36-91(124)116-67-73-20-12-13-21-76(73)93(105-8)94(113-104)77-22-14-15-24-81(77)116/h12-15,20-22,24,27-28,31-32,65-66,69-70,80,84-86,92,105,113-115,118H,9-11,16-19,23,25-26,29-30,33-64,67-68,104H2,1-8H3,(H,106,123)(H,107,120)(H,108,121)(H,109,125)(H,110,122)(H,111,126)(H,112,127,128)(H,129,130,131)/b94-93-/t70-,80-,84?,85-,86-,92+,100-,101-,102+,103+/m1/s1. The molecule has 37 nitrogen and oxygen atoms in total. The number of Topliss-reactive ketones (excluding diaryl/α,β-unsaturated/α-hetero) is 1. The van der Waals surface area contributed by atoms with Gasteiger partial charge in [0.25, 0.3) is 10.1 Å². The SMILES string of the molecule is CN/C1=C(\NN)c2ccccc2N(C(=O)CCC(=O)NCCOCCOCCOCCOCCC(=O)N[C@H](CCCCNC(=O)COC2CCCCCC3=C2NNN3CCOCCOCCOCCOCCC(=O)NCCS(=O)(=O)O)C(=O)N[C@H](C(=O)C[C@@H](C)C(=O)Nc2ccc3c(c2)[C@@]2(C)CCC[C@](C)(C(=O)NC(=O)[C@@]4(C)CCC[C@]5(C)c6cc(O)ccc6CC[C@@H]45)[C@@H]2CC3)C(C)C)Cc2ccccc21. The van der Waals surface area contributed by atoms with Crippen molar-refractivity contribution in [1.29, 1.82) is 0 Å². The molecule has 2 heterocycles. The maximum absolute atomic E-state index is 15.0. The van der Waals surface area contributed by atoms with Gasteiger partial charge >= 0.3 is 0 Å². The Hall–Kier alpha value is -10.1. The predicted octanol–water partition coefficient (Wildman–Crippen LogP) is 7.96. The van der Waals surface area contributed by atoms with Crippen molar-refractivity contribution >= 4 is 91.8 Å². The fourth-order valence-corrected chi connectivity index (χ4v) is 21.8. The number of hydrogen-bond acceptors (Lipinski definition) is 28. The third-order valence-electron chi connectivity index (χ3n) is 29.0. The van der Waals surface area contributed by atoms with Crippen LogP contribution in [0.3, 0.4) is 0 Å². The smallest absolute Gasteiger partial charge is 0.266 e. The van der Waals surface area contributed by atoms with Crippen LogP contribution in [0.5, 0.6) is 5.75 Å². The summed E-state index contributed by atoms with van der Waals surface area (Å²) in [5, 5.41) is 36.0. The fourth-order valence-electron chi connectivity index (χ4n) is 21.4. The molecule has 141 heavy (non-hydrogen) atoms. The molecule has 778 valence electrons. The number of ether oxygens (including phenoxy) is 9. The van der Waals surface area contributed by atoms with Crippen molar-refractivity contribution in [2.75, 3.05) is 162 Å². The number of nitrogens with zero attached hydrogens (tertiary/aromatic N) is 2. The number of rotatable bonds is 57. The number of ketones is 1. The number of carbonyl (C=O) groups is 10. The van der Waals surface area contributed by atoms with Gasteiger partial charge in [-0.05, 0) is 177 Å². The van der Waals surface area contributed by atoms with E-state index in [2.05, 4.69) is 72.8 Å². The Bertz CT molecular complexity index is 5080. The molecule has 9 amide bonds. The minimum Gasteiger partial charge on any atom is -0.508 e. The highest BCUT2D eigenvalue weighted by molar-refractivity contribution is 7.85. The first kappa shape index (κ1) is 111. The average Bonchev–Trinajstić information content (AvgIpc) is 0.721. The number of nitrogens with one attached hydrogen (secondary N) is 11. The Labute approximate surface area is 829 Å². The van der Waals surface area contributed by atoms with Crippen LogP contribution in [0.4, 0.5) is 11.4 Å². The van der Waals surface area contributed by atoms with E-state index in [0.29, 0.717) is 108 Å². The van der Waals surface area contributed by atoms with Gasteiger partial charge in [0.15, 0.2) is 5.78 Å². The zero-order valence-corrected chi connectivity index (χ0v) is 84.3. The van der Waals surface area contributed by atoms with Crippen molar-refractivity contribution in [2.24, 2.45) is 40.3 Å². The van der Waals surface area contributed by atoms with E-state index in [0.717, 1.165) is 121 Å². The molecule has 11 rings (SSSR count). The van der Waals surface area contributed by atoms with Crippen molar-refractivity contribution < 1.29 is 109 Å². The summed E-state index contributed by atoms with van der Waals surface area (Å²) in [6, 6.07) is 24.7. The van der Waals surface area contributed by atoms with Crippen molar-refractivity contribution in [1.82, 2.24) is 58.6 Å². The lowest BCUT2D eigenvalue weighted by molar-refractivity contribution is -0.150. The molecule has 0 spiro atoms. The summed E-state index contributed by atoms with van der Waals surface area (Å²) in [4.78, 5) is 141. The number of aryl methyl sites for hydroxylation is 2. The van der Waals surface area contributed by atoms with Gasteiger partial charge in [0.1, 0.15) is 24.5 Å². The number of nitrogens with two attached hydrogens (primary N) is 1. The quantitative estimate of drug-likeness (QED) is 0.00655. The molecule has 0 bridgehead atoms. The number of phenolic OH excluding ortho intramolecular Hbond substituents is 1. The lowest BCUT2D eigenvalue weighted by Crippen LogP contribution is -2.60. The Morgan fingerprint density at radius 3 is 1.72 bits per heavy atom. The first-order valence-corrected chi connectivity index (χ1v) is 52.0. The second kappa shape index (κ2) is 54.6. The van der Waals surface area contributed by atoms with E-state index in [1.165, 1.54) is 5.56 Å². The van der Waals surface area contributed by atoms with Gasteiger partial charge in [0.05, 0.1) is 170 Å². The van der Waals surface area contributed by atoms with Crippen LogP contribution in [-0.2, 0) is 131 Å². The van der Waals surface area contributed by atoms with Crippen LogP contribution in [0, 0.1) is 34.5 Å². The third-order valence-corrected chi connectivity index (χ3v) is 29.7. The molecular weight excluding hydrogens is 1830 g/mol. The molecular formula is C103H152N14O23S. The Morgan fingerprint density at radius 1 is 0.546 bits per heavy atom. The van der Waals surface area contributed by atoms with E-state index in [4.69, 9.17) is 53.0 Å². The number of benzene rings is 4. The molecule has 2 fully saturated rings. The van der Waals surface area contributed by atoms with E-state index >= 15 is 4.79 Å². The lowest BCUT2D eigenvalue weighted by atomic mass is 9.49. The summed E-state index contributed by atoms with van der Waals surface area (Å²) in [6.07, 6.45) is 12.2.